The molecule has 0 saturated carbocycles. The molecule has 0 aliphatic carbocycles. The molecule has 3 heterocycles. The molecule has 4 rings (SSSR count). The fourth-order valence-electron chi connectivity index (χ4n) is 3.89. The Labute approximate surface area is 162 Å². The Morgan fingerprint density at radius 3 is 2.89 bits per heavy atom. The van der Waals surface area contributed by atoms with E-state index in [1.165, 1.54) is 23.5 Å². The molecular weight excluding hydrogens is 360 g/mol. The lowest BCUT2D eigenvalue weighted by Crippen LogP contribution is -2.35. The highest BCUT2D eigenvalue weighted by Crippen LogP contribution is 2.29. The van der Waals surface area contributed by atoms with Gasteiger partial charge in [0.2, 0.25) is 0 Å². The van der Waals surface area contributed by atoms with Crippen molar-refractivity contribution in [1.29, 1.82) is 0 Å². The SMILES string of the molecule is C/C(=C\c1ccccc1)CN1CCC[C@@H](c2cc(C(F)F)n3ncnc3n2)C1. The maximum absolute atomic E-state index is 13.4. The molecular formula is C21H23F2N5. The van der Waals surface area contributed by atoms with E-state index in [1.807, 2.05) is 18.2 Å². The summed E-state index contributed by atoms with van der Waals surface area (Å²) in [6, 6.07) is 11.7. The number of likely N-dealkylation sites (tertiary alicyclic amines) is 1. The van der Waals surface area contributed by atoms with Crippen molar-refractivity contribution in [2.75, 3.05) is 19.6 Å². The number of fused-ring (bicyclic) bond motifs is 1. The summed E-state index contributed by atoms with van der Waals surface area (Å²) in [6.45, 7) is 4.80. The molecule has 0 unspecified atom stereocenters. The first-order valence-electron chi connectivity index (χ1n) is 9.53. The summed E-state index contributed by atoms with van der Waals surface area (Å²) in [5.41, 5.74) is 3.01. The van der Waals surface area contributed by atoms with Crippen LogP contribution in [-0.4, -0.2) is 44.1 Å². The second kappa shape index (κ2) is 8.14. The summed E-state index contributed by atoms with van der Waals surface area (Å²) in [4.78, 5) is 10.9. The van der Waals surface area contributed by atoms with E-state index >= 15 is 0 Å². The van der Waals surface area contributed by atoms with Crippen LogP contribution in [0.15, 0.2) is 48.3 Å². The maximum atomic E-state index is 13.4. The van der Waals surface area contributed by atoms with Gasteiger partial charge in [0, 0.05) is 19.0 Å². The number of hydrogen-bond acceptors (Lipinski definition) is 4. The lowest BCUT2D eigenvalue weighted by Gasteiger charge is -2.32. The van der Waals surface area contributed by atoms with E-state index in [1.54, 1.807) is 0 Å². The molecule has 28 heavy (non-hydrogen) atoms. The highest BCUT2D eigenvalue weighted by Gasteiger charge is 2.25. The predicted molar refractivity (Wildman–Crippen MR) is 104 cm³/mol. The van der Waals surface area contributed by atoms with Crippen LogP contribution in [-0.2, 0) is 0 Å². The number of piperidine rings is 1. The minimum atomic E-state index is -2.61. The van der Waals surface area contributed by atoms with E-state index < -0.39 is 6.43 Å². The first-order chi connectivity index (χ1) is 13.6. The number of alkyl halides is 2. The first-order valence-corrected chi connectivity index (χ1v) is 9.53. The smallest absolute Gasteiger partial charge is 0.280 e. The highest BCUT2D eigenvalue weighted by molar-refractivity contribution is 5.52. The minimum Gasteiger partial charge on any atom is -0.299 e. The first kappa shape index (κ1) is 18.7. The molecule has 7 heteroatoms. The Morgan fingerprint density at radius 2 is 2.11 bits per heavy atom. The van der Waals surface area contributed by atoms with E-state index in [2.05, 4.69) is 45.1 Å². The Hall–Kier alpha value is -2.67. The third kappa shape index (κ3) is 4.09. The summed E-state index contributed by atoms with van der Waals surface area (Å²) in [5.74, 6) is 0.363. The molecule has 1 aliphatic rings. The summed E-state index contributed by atoms with van der Waals surface area (Å²) in [7, 11) is 0. The summed E-state index contributed by atoms with van der Waals surface area (Å²) in [5, 5.41) is 3.87. The van der Waals surface area contributed by atoms with Crippen molar-refractivity contribution in [3.63, 3.8) is 0 Å². The van der Waals surface area contributed by atoms with Gasteiger partial charge in [0.05, 0.1) is 5.69 Å². The topological polar surface area (TPSA) is 46.3 Å². The normalized spacial score (nSPS) is 18.9. The fraction of sp³-hybridized carbons (Fsp3) is 0.381. The molecule has 1 aliphatic heterocycles. The van der Waals surface area contributed by atoms with E-state index in [9.17, 15) is 8.78 Å². The molecule has 0 bridgehead atoms. The van der Waals surface area contributed by atoms with Crippen molar-refractivity contribution in [3.8, 4) is 0 Å². The highest BCUT2D eigenvalue weighted by atomic mass is 19.3. The second-order valence-electron chi connectivity index (χ2n) is 7.35. The Bertz CT molecular complexity index is 967. The summed E-state index contributed by atoms with van der Waals surface area (Å²) >= 11 is 0. The molecule has 2 aromatic heterocycles. The molecule has 1 aromatic carbocycles. The second-order valence-corrected chi connectivity index (χ2v) is 7.35. The van der Waals surface area contributed by atoms with Crippen molar-refractivity contribution in [2.24, 2.45) is 0 Å². The van der Waals surface area contributed by atoms with Crippen LogP contribution in [0.4, 0.5) is 8.78 Å². The molecule has 0 N–H and O–H groups in total. The largest absolute Gasteiger partial charge is 0.299 e. The molecule has 3 aromatic rings. The van der Waals surface area contributed by atoms with Gasteiger partial charge in [0.25, 0.3) is 12.2 Å². The molecule has 5 nitrogen and oxygen atoms in total. The van der Waals surface area contributed by atoms with Gasteiger partial charge in [0.15, 0.2) is 0 Å². The summed E-state index contributed by atoms with van der Waals surface area (Å²) in [6.07, 6.45) is 2.81. The molecule has 1 saturated heterocycles. The third-order valence-corrected chi connectivity index (χ3v) is 5.13. The molecule has 0 spiro atoms. The number of benzene rings is 1. The maximum Gasteiger partial charge on any atom is 0.280 e. The Kier molecular flexibility index (Phi) is 5.43. The van der Waals surface area contributed by atoms with Crippen LogP contribution in [0.25, 0.3) is 11.9 Å². The van der Waals surface area contributed by atoms with Gasteiger partial charge in [-0.3, -0.25) is 4.90 Å². The van der Waals surface area contributed by atoms with Crippen LogP contribution in [0, 0.1) is 0 Å². The quantitative estimate of drug-likeness (QED) is 0.657. The average Bonchev–Trinajstić information content (AvgIpc) is 3.16. The Balaban J connectivity index is 1.51. The van der Waals surface area contributed by atoms with Gasteiger partial charge in [-0.15, -0.1) is 0 Å². The predicted octanol–water partition coefficient (Wildman–Crippen LogP) is 4.34. The lowest BCUT2D eigenvalue weighted by molar-refractivity contribution is 0.142. The van der Waals surface area contributed by atoms with Crippen LogP contribution < -0.4 is 0 Å². The van der Waals surface area contributed by atoms with Gasteiger partial charge in [-0.25, -0.2) is 13.8 Å². The van der Waals surface area contributed by atoms with E-state index in [0.717, 1.165) is 37.0 Å². The van der Waals surface area contributed by atoms with Crippen molar-refractivity contribution in [1.82, 2.24) is 24.5 Å². The zero-order chi connectivity index (χ0) is 19.5. The molecule has 1 atom stereocenters. The van der Waals surface area contributed by atoms with Crippen LogP contribution >= 0.6 is 0 Å². The van der Waals surface area contributed by atoms with Gasteiger partial charge in [-0.1, -0.05) is 42.0 Å². The number of aromatic nitrogens is 4. The van der Waals surface area contributed by atoms with Gasteiger partial charge in [0.1, 0.15) is 12.0 Å². The van der Waals surface area contributed by atoms with E-state index in [-0.39, 0.29) is 17.4 Å². The van der Waals surface area contributed by atoms with E-state index in [4.69, 9.17) is 0 Å². The van der Waals surface area contributed by atoms with Crippen LogP contribution in [0.5, 0.6) is 0 Å². The standard InChI is InChI=1S/C21H23F2N5/c1-15(10-16-6-3-2-4-7-16)12-27-9-5-8-17(13-27)18-11-19(20(22)23)28-21(26-18)24-14-25-28/h2-4,6-7,10-11,14,17,20H,5,8-9,12-13H2,1H3/b15-10+/t17-/m1/s1. The van der Waals surface area contributed by atoms with Gasteiger partial charge >= 0.3 is 0 Å². The van der Waals surface area contributed by atoms with Crippen LogP contribution in [0.3, 0.4) is 0 Å². The van der Waals surface area contributed by atoms with Gasteiger partial charge < -0.3 is 0 Å². The van der Waals surface area contributed by atoms with Crippen molar-refractivity contribution in [3.05, 3.63) is 65.2 Å². The summed E-state index contributed by atoms with van der Waals surface area (Å²) < 4.78 is 28.0. The Morgan fingerprint density at radius 1 is 1.29 bits per heavy atom. The molecule has 1 fully saturated rings. The number of hydrogen-bond donors (Lipinski definition) is 0. The molecule has 146 valence electrons. The van der Waals surface area contributed by atoms with Crippen LogP contribution in [0.1, 0.15) is 49.1 Å². The third-order valence-electron chi connectivity index (χ3n) is 5.13. The monoisotopic (exact) mass is 383 g/mol. The minimum absolute atomic E-state index is 0.123. The van der Waals surface area contributed by atoms with E-state index in [0.29, 0.717) is 5.69 Å². The number of halogens is 2. The molecule has 0 amide bonds. The van der Waals surface area contributed by atoms with Crippen molar-refractivity contribution >= 4 is 11.9 Å². The van der Waals surface area contributed by atoms with Gasteiger partial charge in [-0.2, -0.15) is 14.6 Å². The number of rotatable bonds is 5. The van der Waals surface area contributed by atoms with Crippen molar-refractivity contribution < 1.29 is 8.78 Å². The molecule has 0 radical (unpaired) electrons. The van der Waals surface area contributed by atoms with Crippen molar-refractivity contribution in [2.45, 2.75) is 32.1 Å². The lowest BCUT2D eigenvalue weighted by atomic mass is 9.93. The van der Waals surface area contributed by atoms with Crippen LogP contribution in [0.2, 0.25) is 0 Å². The average molecular weight is 383 g/mol. The fourth-order valence-corrected chi connectivity index (χ4v) is 3.89. The number of nitrogens with zero attached hydrogens (tertiary/aromatic N) is 5. The van der Waals surface area contributed by atoms with Gasteiger partial charge in [-0.05, 0) is 37.9 Å². The zero-order valence-electron chi connectivity index (χ0n) is 15.8. The zero-order valence-corrected chi connectivity index (χ0v) is 15.8.